The van der Waals surface area contributed by atoms with Crippen molar-refractivity contribution in [2.24, 2.45) is 28.7 Å². The number of nitrogens with zero attached hydrogens (tertiary/aromatic N) is 5. The lowest BCUT2D eigenvalue weighted by Crippen LogP contribution is -2.48. The number of amides is 2. The molecule has 3 saturated carbocycles. The number of aliphatic imine (C=N–C) groups is 1. The zero-order valence-corrected chi connectivity index (χ0v) is 24.0. The minimum absolute atomic E-state index is 0.0293. The monoisotopic (exact) mass is 553 g/mol. The fraction of sp³-hybridized carbons (Fsp3) is 0.500. The summed E-state index contributed by atoms with van der Waals surface area (Å²) in [6, 6.07) is 9.03. The summed E-state index contributed by atoms with van der Waals surface area (Å²) in [6.45, 7) is 6.31. The van der Waals surface area contributed by atoms with Crippen LogP contribution in [0.25, 0.3) is 11.3 Å². The van der Waals surface area contributed by atoms with Gasteiger partial charge in [-0.15, -0.1) is 0 Å². The molecule has 6 rings (SSSR count). The number of fused-ring (bicyclic) bond motifs is 2. The number of likely N-dealkylation sites (tertiary alicyclic amines) is 1. The average molecular weight is 554 g/mol. The Morgan fingerprint density at radius 2 is 1.90 bits per heavy atom. The molecule has 2 amide bonds. The number of aryl methyl sites for hydroxylation is 1. The molecule has 1 aliphatic heterocycles. The second-order valence-electron chi connectivity index (χ2n) is 11.6. The number of anilines is 1. The first kappa shape index (κ1) is 28.5. The van der Waals surface area contributed by atoms with Crippen LogP contribution in [-0.4, -0.2) is 59.1 Å². The van der Waals surface area contributed by atoms with Gasteiger partial charge in [-0.3, -0.25) is 14.6 Å². The fourth-order valence-corrected chi connectivity index (χ4v) is 6.30. The van der Waals surface area contributed by atoms with Crippen LogP contribution >= 0.6 is 0 Å². The Bertz CT molecular complexity index is 1340. The molecule has 0 unspecified atom stereocenters. The summed E-state index contributed by atoms with van der Waals surface area (Å²) in [4.78, 5) is 41.2. The van der Waals surface area contributed by atoms with Gasteiger partial charge in [0.2, 0.25) is 11.9 Å². The number of carbonyl (C=O) groups excluding carboxylic acids is 2. The summed E-state index contributed by atoms with van der Waals surface area (Å²) in [6.07, 6.45) is 12.4. The standard InChI is InChI=1S/C32H39N7O2/c1-3-27(20-34-19-22-10-14-39(15-11-22)31(41)28-9-4-23-16-26(28)17-23)37-32-36-18-21(2)29(38-32)24-5-7-25(8-6-24)30(40)35-13-12-33/h3,5-8,18,20,22-23,26,28H,4,9-11,13-17,19H2,1-2H3,(H,35,40)(H,36,37,38)/b27-3+,34-20-/t23?,26?,28-/m1/s1. The van der Waals surface area contributed by atoms with Crippen LogP contribution in [0.15, 0.2) is 47.2 Å². The molecular weight excluding hydrogens is 514 g/mol. The summed E-state index contributed by atoms with van der Waals surface area (Å²) < 4.78 is 0. The third kappa shape index (κ3) is 6.82. The molecule has 9 heteroatoms. The summed E-state index contributed by atoms with van der Waals surface area (Å²) >= 11 is 0. The number of aromatic nitrogens is 2. The summed E-state index contributed by atoms with van der Waals surface area (Å²) in [7, 11) is 0. The summed E-state index contributed by atoms with van der Waals surface area (Å²) in [5.74, 6) is 2.91. The molecular formula is C32H39N7O2. The molecule has 0 spiro atoms. The molecule has 4 aliphatic rings. The van der Waals surface area contributed by atoms with E-state index in [1.54, 1.807) is 18.3 Å². The average Bonchev–Trinajstić information content (AvgIpc) is 3.00. The minimum Gasteiger partial charge on any atom is -0.342 e. The Labute approximate surface area is 242 Å². The first-order valence-corrected chi connectivity index (χ1v) is 14.8. The van der Waals surface area contributed by atoms with E-state index in [0.717, 1.165) is 67.3 Å². The van der Waals surface area contributed by atoms with Crippen molar-refractivity contribution >= 4 is 24.0 Å². The van der Waals surface area contributed by atoms with Crippen molar-refractivity contribution in [1.29, 1.82) is 5.26 Å². The Morgan fingerprint density at radius 1 is 1.15 bits per heavy atom. The molecule has 0 radical (unpaired) electrons. The highest BCUT2D eigenvalue weighted by atomic mass is 16.2. The molecule has 9 nitrogen and oxygen atoms in total. The van der Waals surface area contributed by atoms with Gasteiger partial charge in [-0.2, -0.15) is 5.26 Å². The number of piperidine rings is 1. The predicted molar refractivity (Wildman–Crippen MR) is 159 cm³/mol. The normalized spacial score (nSPS) is 22.6. The predicted octanol–water partition coefficient (Wildman–Crippen LogP) is 4.77. The Morgan fingerprint density at radius 3 is 2.56 bits per heavy atom. The van der Waals surface area contributed by atoms with E-state index in [0.29, 0.717) is 29.3 Å². The van der Waals surface area contributed by atoms with E-state index in [-0.39, 0.29) is 18.4 Å². The van der Waals surface area contributed by atoms with Crippen molar-refractivity contribution in [2.45, 2.75) is 52.4 Å². The van der Waals surface area contributed by atoms with E-state index >= 15 is 0 Å². The highest BCUT2D eigenvalue weighted by Gasteiger charge is 2.44. The maximum absolute atomic E-state index is 13.1. The van der Waals surface area contributed by atoms with Crippen LogP contribution in [-0.2, 0) is 4.79 Å². The summed E-state index contributed by atoms with van der Waals surface area (Å²) in [5, 5.41) is 14.5. The lowest BCUT2D eigenvalue weighted by Gasteiger charge is -2.47. The van der Waals surface area contributed by atoms with E-state index in [1.807, 2.05) is 44.3 Å². The smallest absolute Gasteiger partial charge is 0.252 e. The first-order valence-electron chi connectivity index (χ1n) is 14.8. The van der Waals surface area contributed by atoms with Gasteiger partial charge in [0.25, 0.3) is 5.91 Å². The van der Waals surface area contributed by atoms with Gasteiger partial charge < -0.3 is 15.5 Å². The number of hydrogen-bond donors (Lipinski definition) is 2. The second kappa shape index (κ2) is 13.1. The second-order valence-corrected chi connectivity index (χ2v) is 11.6. The largest absolute Gasteiger partial charge is 0.342 e. The number of carbonyl (C=O) groups is 2. The van der Waals surface area contributed by atoms with Gasteiger partial charge in [0.15, 0.2) is 0 Å². The van der Waals surface area contributed by atoms with Gasteiger partial charge in [0.05, 0.1) is 17.5 Å². The number of nitrogens with one attached hydrogen (secondary N) is 2. The van der Waals surface area contributed by atoms with Crippen LogP contribution in [0.5, 0.6) is 0 Å². The van der Waals surface area contributed by atoms with Crippen LogP contribution in [0.2, 0.25) is 0 Å². The van der Waals surface area contributed by atoms with Crippen LogP contribution in [0.3, 0.4) is 0 Å². The van der Waals surface area contributed by atoms with Gasteiger partial charge in [-0.25, -0.2) is 9.97 Å². The fourth-order valence-electron chi connectivity index (χ4n) is 6.30. The van der Waals surface area contributed by atoms with Crippen molar-refractivity contribution in [1.82, 2.24) is 20.2 Å². The van der Waals surface area contributed by atoms with E-state index in [2.05, 4.69) is 20.5 Å². The van der Waals surface area contributed by atoms with Crippen LogP contribution < -0.4 is 10.6 Å². The molecule has 41 heavy (non-hydrogen) atoms. The van der Waals surface area contributed by atoms with E-state index in [9.17, 15) is 9.59 Å². The molecule has 1 aromatic carbocycles. The third-order valence-electron chi connectivity index (χ3n) is 8.85. The van der Waals surface area contributed by atoms with Crippen molar-refractivity contribution in [3.8, 4) is 17.3 Å². The number of rotatable bonds is 9. The SMILES string of the molecule is C/C=C(\C=N/CC1CCN(C(=O)[C@@H]2CCC3CC2C3)CC1)Nc1ncc(C)c(-c2ccc(C(=O)NCC#N)cc2)n1. The first-order chi connectivity index (χ1) is 19.9. The Balaban J connectivity index is 1.12. The Kier molecular flexibility index (Phi) is 9.07. The molecule has 2 bridgehead atoms. The van der Waals surface area contributed by atoms with E-state index < -0.39 is 0 Å². The van der Waals surface area contributed by atoms with Gasteiger partial charge in [0, 0.05) is 49.1 Å². The zero-order valence-electron chi connectivity index (χ0n) is 24.0. The highest BCUT2D eigenvalue weighted by molar-refractivity contribution is 5.94. The van der Waals surface area contributed by atoms with Crippen LogP contribution in [0.4, 0.5) is 5.95 Å². The lowest BCUT2D eigenvalue weighted by molar-refractivity contribution is -0.144. The summed E-state index contributed by atoms with van der Waals surface area (Å²) in [5.41, 5.74) is 3.85. The number of nitriles is 1. The van der Waals surface area contributed by atoms with Crippen molar-refractivity contribution < 1.29 is 9.59 Å². The van der Waals surface area contributed by atoms with Gasteiger partial charge in [0.1, 0.15) is 6.54 Å². The maximum Gasteiger partial charge on any atom is 0.252 e. The van der Waals surface area contributed by atoms with Crippen LogP contribution in [0, 0.1) is 41.9 Å². The molecule has 4 fully saturated rings. The molecule has 214 valence electrons. The van der Waals surface area contributed by atoms with Crippen molar-refractivity contribution in [3.05, 3.63) is 53.4 Å². The van der Waals surface area contributed by atoms with Crippen LogP contribution in [0.1, 0.15) is 61.4 Å². The Hall–Kier alpha value is -4.06. The minimum atomic E-state index is -0.286. The maximum atomic E-state index is 13.1. The topological polar surface area (TPSA) is 123 Å². The molecule has 1 atom stereocenters. The van der Waals surface area contributed by atoms with Crippen molar-refractivity contribution in [3.63, 3.8) is 0 Å². The molecule has 2 aromatic rings. The van der Waals surface area contributed by atoms with E-state index in [1.165, 1.54) is 19.3 Å². The molecule has 2 heterocycles. The highest BCUT2D eigenvalue weighted by Crippen LogP contribution is 2.49. The molecule has 2 N–H and O–H groups in total. The number of hydrogen-bond acceptors (Lipinski definition) is 7. The third-order valence-corrected chi connectivity index (χ3v) is 8.85. The number of allylic oxidation sites excluding steroid dienone is 2. The molecule has 3 aliphatic carbocycles. The quantitative estimate of drug-likeness (QED) is 0.341. The van der Waals surface area contributed by atoms with Gasteiger partial charge in [-0.1, -0.05) is 18.2 Å². The van der Waals surface area contributed by atoms with E-state index in [4.69, 9.17) is 15.2 Å². The molecule has 1 saturated heterocycles. The van der Waals surface area contributed by atoms with Gasteiger partial charge in [-0.05, 0) is 87.8 Å². The molecule has 1 aromatic heterocycles. The number of benzene rings is 1. The van der Waals surface area contributed by atoms with Crippen molar-refractivity contribution in [2.75, 3.05) is 31.5 Å². The zero-order chi connectivity index (χ0) is 28.8. The lowest BCUT2D eigenvalue weighted by atomic mass is 9.59. The van der Waals surface area contributed by atoms with Gasteiger partial charge >= 0.3 is 0 Å².